The second-order valence-electron chi connectivity index (χ2n) is 5.70. The normalized spacial score (nSPS) is 17.6. The molecule has 1 atom stereocenters. The predicted octanol–water partition coefficient (Wildman–Crippen LogP) is 1.80. The molecular weight excluding hydrogens is 288 g/mol. The number of hydrogen-bond donors (Lipinski definition) is 2. The van der Waals surface area contributed by atoms with Gasteiger partial charge in [0.15, 0.2) is 9.84 Å². The van der Waals surface area contributed by atoms with E-state index in [0.29, 0.717) is 11.3 Å². The third-order valence-corrected chi connectivity index (χ3v) is 6.26. The zero-order valence-corrected chi connectivity index (χ0v) is 13.2. The van der Waals surface area contributed by atoms with Crippen LogP contribution in [0.15, 0.2) is 23.1 Å². The van der Waals surface area contributed by atoms with E-state index in [0.717, 1.165) is 25.7 Å². The number of nitrogens with one attached hydrogen (secondary N) is 1. The highest BCUT2D eigenvalue weighted by Gasteiger charge is 2.32. The van der Waals surface area contributed by atoms with Gasteiger partial charge < -0.3 is 11.1 Å². The monoisotopic (exact) mass is 310 g/mol. The van der Waals surface area contributed by atoms with Gasteiger partial charge in [0.2, 0.25) is 5.91 Å². The Morgan fingerprint density at radius 2 is 1.95 bits per heavy atom. The number of amides is 1. The van der Waals surface area contributed by atoms with Crippen LogP contribution in [0, 0.1) is 6.92 Å². The largest absolute Gasteiger partial charge is 0.399 e. The lowest BCUT2D eigenvalue weighted by Crippen LogP contribution is -2.42. The highest BCUT2D eigenvalue weighted by atomic mass is 32.2. The van der Waals surface area contributed by atoms with Gasteiger partial charge in [-0.25, -0.2) is 8.42 Å². The van der Waals surface area contributed by atoms with Crippen LogP contribution in [0.25, 0.3) is 0 Å². The Kier molecular flexibility index (Phi) is 4.56. The van der Waals surface area contributed by atoms with Crippen LogP contribution >= 0.6 is 0 Å². The number of nitrogen functional groups attached to an aromatic ring is 1. The maximum Gasteiger partial charge on any atom is 0.238 e. The number of sulfone groups is 1. The van der Waals surface area contributed by atoms with E-state index in [1.54, 1.807) is 19.1 Å². The number of anilines is 1. The fourth-order valence-electron chi connectivity index (χ4n) is 2.71. The molecule has 6 heteroatoms. The van der Waals surface area contributed by atoms with E-state index in [1.807, 2.05) is 0 Å². The summed E-state index contributed by atoms with van der Waals surface area (Å²) in [7, 11) is -3.69. The number of carbonyl (C=O) groups is 1. The molecule has 0 bridgehead atoms. The van der Waals surface area contributed by atoms with Crippen LogP contribution in [-0.4, -0.2) is 25.6 Å². The molecule has 1 aromatic carbocycles. The van der Waals surface area contributed by atoms with Gasteiger partial charge in [-0.2, -0.15) is 0 Å². The molecule has 1 aliphatic carbocycles. The fourth-order valence-corrected chi connectivity index (χ4v) is 4.21. The highest BCUT2D eigenvalue weighted by Crippen LogP contribution is 2.23. The molecule has 0 aromatic heterocycles. The average molecular weight is 310 g/mol. The van der Waals surface area contributed by atoms with Gasteiger partial charge in [0.1, 0.15) is 5.25 Å². The van der Waals surface area contributed by atoms with Gasteiger partial charge >= 0.3 is 0 Å². The minimum Gasteiger partial charge on any atom is -0.399 e. The molecule has 1 aliphatic rings. The van der Waals surface area contributed by atoms with Gasteiger partial charge in [-0.3, -0.25) is 4.79 Å². The van der Waals surface area contributed by atoms with Crippen LogP contribution in [0.4, 0.5) is 5.69 Å². The molecule has 21 heavy (non-hydrogen) atoms. The zero-order chi connectivity index (χ0) is 15.6. The van der Waals surface area contributed by atoms with Crippen molar-refractivity contribution in [2.75, 3.05) is 5.73 Å². The van der Waals surface area contributed by atoms with Crippen molar-refractivity contribution in [1.82, 2.24) is 5.32 Å². The SMILES string of the molecule is Cc1cc(N)ccc1S(=O)(=O)C(C)C(=O)NC1CCCC1. The molecule has 0 radical (unpaired) electrons. The Balaban J connectivity index is 2.19. The second-order valence-corrected chi connectivity index (χ2v) is 7.94. The molecule has 1 amide bonds. The molecule has 5 nitrogen and oxygen atoms in total. The number of nitrogens with two attached hydrogens (primary N) is 1. The Morgan fingerprint density at radius 3 is 2.52 bits per heavy atom. The van der Waals surface area contributed by atoms with Crippen molar-refractivity contribution in [1.29, 1.82) is 0 Å². The number of benzene rings is 1. The van der Waals surface area contributed by atoms with Gasteiger partial charge in [-0.05, 0) is 50.5 Å². The Labute approximate surface area is 125 Å². The van der Waals surface area contributed by atoms with E-state index in [1.165, 1.54) is 13.0 Å². The van der Waals surface area contributed by atoms with E-state index in [2.05, 4.69) is 5.32 Å². The molecule has 1 aromatic rings. The summed E-state index contributed by atoms with van der Waals surface area (Å²) in [6.45, 7) is 3.13. The maximum absolute atomic E-state index is 12.6. The van der Waals surface area contributed by atoms with E-state index in [4.69, 9.17) is 5.73 Å². The van der Waals surface area contributed by atoms with Crippen LogP contribution in [0.1, 0.15) is 38.2 Å². The van der Waals surface area contributed by atoms with E-state index in [9.17, 15) is 13.2 Å². The summed E-state index contributed by atoms with van der Waals surface area (Å²) < 4.78 is 25.2. The van der Waals surface area contributed by atoms with E-state index in [-0.39, 0.29) is 10.9 Å². The third kappa shape index (κ3) is 3.37. The lowest BCUT2D eigenvalue weighted by molar-refractivity contribution is -0.121. The summed E-state index contributed by atoms with van der Waals surface area (Å²) in [4.78, 5) is 12.4. The molecular formula is C15H22N2O3S. The minimum atomic E-state index is -3.69. The minimum absolute atomic E-state index is 0.114. The van der Waals surface area contributed by atoms with Crippen LogP contribution in [0.3, 0.4) is 0 Å². The maximum atomic E-state index is 12.6. The lowest BCUT2D eigenvalue weighted by Gasteiger charge is -2.18. The molecule has 0 saturated heterocycles. The van der Waals surface area contributed by atoms with Gasteiger partial charge in [0.25, 0.3) is 0 Å². The van der Waals surface area contributed by atoms with E-state index < -0.39 is 21.0 Å². The summed E-state index contributed by atoms with van der Waals surface area (Å²) in [5.41, 5.74) is 6.72. The lowest BCUT2D eigenvalue weighted by atomic mass is 10.2. The van der Waals surface area contributed by atoms with Crippen molar-refractivity contribution in [2.45, 2.75) is 55.7 Å². The van der Waals surface area contributed by atoms with Gasteiger partial charge in [-0.1, -0.05) is 12.8 Å². The average Bonchev–Trinajstić information content (AvgIpc) is 2.90. The van der Waals surface area contributed by atoms with Crippen LogP contribution in [0.5, 0.6) is 0 Å². The van der Waals surface area contributed by atoms with Gasteiger partial charge in [-0.15, -0.1) is 0 Å². The topological polar surface area (TPSA) is 89.3 Å². The Bertz CT molecular complexity index is 634. The Hall–Kier alpha value is -1.56. The molecule has 116 valence electrons. The van der Waals surface area contributed by atoms with Crippen LogP contribution in [0.2, 0.25) is 0 Å². The predicted molar refractivity (Wildman–Crippen MR) is 82.6 cm³/mol. The van der Waals surface area contributed by atoms with Crippen molar-refractivity contribution in [3.05, 3.63) is 23.8 Å². The standard InChI is InChI=1S/C15H22N2O3S/c1-10-9-12(16)7-8-14(10)21(19,20)11(2)15(18)17-13-5-3-4-6-13/h7-9,11,13H,3-6,16H2,1-2H3,(H,17,18). The summed E-state index contributed by atoms with van der Waals surface area (Å²) in [5, 5.41) is 1.75. The fraction of sp³-hybridized carbons (Fsp3) is 0.533. The zero-order valence-electron chi connectivity index (χ0n) is 12.4. The van der Waals surface area contributed by atoms with Crippen LogP contribution < -0.4 is 11.1 Å². The first-order valence-electron chi connectivity index (χ1n) is 7.23. The van der Waals surface area contributed by atoms with Crippen molar-refractivity contribution >= 4 is 21.4 Å². The van der Waals surface area contributed by atoms with Crippen molar-refractivity contribution in [3.8, 4) is 0 Å². The molecule has 3 N–H and O–H groups in total. The summed E-state index contributed by atoms with van der Waals surface area (Å²) in [6.07, 6.45) is 4.03. The molecule has 0 aliphatic heterocycles. The van der Waals surface area contributed by atoms with Gasteiger partial charge in [0, 0.05) is 11.7 Å². The molecule has 1 unspecified atom stereocenters. The molecule has 1 saturated carbocycles. The van der Waals surface area contributed by atoms with Crippen molar-refractivity contribution in [3.63, 3.8) is 0 Å². The smallest absolute Gasteiger partial charge is 0.238 e. The third-order valence-electron chi connectivity index (χ3n) is 4.04. The number of aryl methyl sites for hydroxylation is 1. The van der Waals surface area contributed by atoms with Crippen LogP contribution in [-0.2, 0) is 14.6 Å². The first-order chi connectivity index (χ1) is 9.82. The first-order valence-corrected chi connectivity index (χ1v) is 8.77. The number of carbonyl (C=O) groups excluding carboxylic acids is 1. The molecule has 0 heterocycles. The first kappa shape index (κ1) is 15.8. The molecule has 2 rings (SSSR count). The van der Waals surface area contributed by atoms with Crippen molar-refractivity contribution < 1.29 is 13.2 Å². The second kappa shape index (κ2) is 6.05. The quantitative estimate of drug-likeness (QED) is 0.830. The Morgan fingerprint density at radius 1 is 1.33 bits per heavy atom. The van der Waals surface area contributed by atoms with E-state index >= 15 is 0 Å². The summed E-state index contributed by atoms with van der Waals surface area (Å²) in [5.74, 6) is -0.418. The van der Waals surface area contributed by atoms with Gasteiger partial charge in [0.05, 0.1) is 4.90 Å². The molecule has 0 spiro atoms. The van der Waals surface area contributed by atoms with Crippen molar-refractivity contribution in [2.24, 2.45) is 0 Å². The molecule has 1 fully saturated rings. The highest BCUT2D eigenvalue weighted by molar-refractivity contribution is 7.92. The number of hydrogen-bond acceptors (Lipinski definition) is 4. The number of rotatable bonds is 4. The summed E-state index contributed by atoms with van der Waals surface area (Å²) in [6, 6.07) is 4.73. The summed E-state index contributed by atoms with van der Waals surface area (Å²) >= 11 is 0.